The van der Waals surface area contributed by atoms with Gasteiger partial charge in [-0.2, -0.15) is 0 Å². The van der Waals surface area contributed by atoms with Crippen molar-refractivity contribution in [3.05, 3.63) is 24.0 Å². The maximum Gasteiger partial charge on any atom is 0.0443 e. The zero-order valence-corrected chi connectivity index (χ0v) is 14.0. The van der Waals surface area contributed by atoms with E-state index in [2.05, 4.69) is 53.9 Å². The number of rotatable bonds is 6. The van der Waals surface area contributed by atoms with Gasteiger partial charge in [0.25, 0.3) is 0 Å². The van der Waals surface area contributed by atoms with Gasteiger partial charge in [-0.3, -0.25) is 9.88 Å². The van der Waals surface area contributed by atoms with Crippen molar-refractivity contribution in [2.24, 2.45) is 5.92 Å². The van der Waals surface area contributed by atoms with E-state index in [1.165, 1.54) is 11.3 Å². The highest BCUT2D eigenvalue weighted by Crippen LogP contribution is 2.21. The van der Waals surface area contributed by atoms with Crippen LogP contribution in [0.25, 0.3) is 0 Å². The van der Waals surface area contributed by atoms with Gasteiger partial charge in [0.1, 0.15) is 0 Å². The predicted octanol–water partition coefficient (Wildman–Crippen LogP) is 2.36. The summed E-state index contributed by atoms with van der Waals surface area (Å²) in [4.78, 5) is 9.36. The van der Waals surface area contributed by atoms with Gasteiger partial charge < -0.3 is 10.2 Å². The highest BCUT2D eigenvalue weighted by Gasteiger charge is 2.20. The van der Waals surface area contributed by atoms with E-state index >= 15 is 0 Å². The SMILES string of the molecule is CC(C)CNCc1cnccc1N1CCN(C(C)C)CC1. The summed E-state index contributed by atoms with van der Waals surface area (Å²) < 4.78 is 0. The van der Waals surface area contributed by atoms with Crippen molar-refractivity contribution >= 4 is 5.69 Å². The third-order valence-electron chi connectivity index (χ3n) is 4.13. The minimum Gasteiger partial charge on any atom is -0.369 e. The molecular weight excluding hydrogens is 260 g/mol. The summed E-state index contributed by atoms with van der Waals surface area (Å²) in [5.41, 5.74) is 2.67. The quantitative estimate of drug-likeness (QED) is 0.871. The molecule has 0 atom stereocenters. The average Bonchev–Trinajstić information content (AvgIpc) is 2.47. The highest BCUT2D eigenvalue weighted by atomic mass is 15.3. The molecule has 118 valence electrons. The first-order chi connectivity index (χ1) is 10.1. The molecule has 4 heteroatoms. The Kier molecular flexibility index (Phi) is 6.00. The van der Waals surface area contributed by atoms with Crippen LogP contribution in [0, 0.1) is 5.92 Å². The smallest absolute Gasteiger partial charge is 0.0443 e. The summed E-state index contributed by atoms with van der Waals surface area (Å²) >= 11 is 0. The second-order valence-corrected chi connectivity index (χ2v) is 6.65. The van der Waals surface area contributed by atoms with Crippen LogP contribution in [0.15, 0.2) is 18.5 Å². The van der Waals surface area contributed by atoms with Crippen LogP contribution >= 0.6 is 0 Å². The van der Waals surface area contributed by atoms with Crippen LogP contribution in [0.3, 0.4) is 0 Å². The molecule has 0 bridgehead atoms. The first-order valence-electron chi connectivity index (χ1n) is 8.20. The Hall–Kier alpha value is -1.13. The van der Waals surface area contributed by atoms with E-state index in [1.807, 2.05) is 12.4 Å². The Balaban J connectivity index is 1.97. The van der Waals surface area contributed by atoms with Gasteiger partial charge in [-0.05, 0) is 32.4 Å². The van der Waals surface area contributed by atoms with Gasteiger partial charge >= 0.3 is 0 Å². The Labute approximate surface area is 129 Å². The van der Waals surface area contributed by atoms with Crippen LogP contribution in [0.2, 0.25) is 0 Å². The van der Waals surface area contributed by atoms with E-state index in [0.717, 1.165) is 39.3 Å². The third-order valence-corrected chi connectivity index (χ3v) is 4.13. The Morgan fingerprint density at radius 2 is 1.86 bits per heavy atom. The monoisotopic (exact) mass is 290 g/mol. The first kappa shape index (κ1) is 16.2. The minimum absolute atomic E-state index is 0.650. The lowest BCUT2D eigenvalue weighted by Gasteiger charge is -2.38. The van der Waals surface area contributed by atoms with Crippen LogP contribution < -0.4 is 10.2 Å². The number of anilines is 1. The van der Waals surface area contributed by atoms with E-state index < -0.39 is 0 Å². The zero-order chi connectivity index (χ0) is 15.2. The van der Waals surface area contributed by atoms with Crippen LogP contribution in [-0.4, -0.2) is 48.6 Å². The lowest BCUT2D eigenvalue weighted by Crippen LogP contribution is -2.49. The van der Waals surface area contributed by atoms with E-state index in [1.54, 1.807) is 0 Å². The normalized spacial score (nSPS) is 17.0. The number of nitrogens with one attached hydrogen (secondary N) is 1. The fourth-order valence-electron chi connectivity index (χ4n) is 2.84. The minimum atomic E-state index is 0.650. The van der Waals surface area contributed by atoms with Crippen LogP contribution in [0.1, 0.15) is 33.3 Å². The average molecular weight is 290 g/mol. The van der Waals surface area contributed by atoms with Crippen LogP contribution in [0.5, 0.6) is 0 Å². The van der Waals surface area contributed by atoms with Gasteiger partial charge in [0, 0.05) is 62.4 Å². The van der Waals surface area contributed by atoms with Crippen LogP contribution in [0.4, 0.5) is 5.69 Å². The fraction of sp³-hybridized carbons (Fsp3) is 0.706. The van der Waals surface area contributed by atoms with Crippen molar-refractivity contribution in [2.45, 2.75) is 40.3 Å². The molecule has 21 heavy (non-hydrogen) atoms. The van der Waals surface area contributed by atoms with Gasteiger partial charge in [-0.1, -0.05) is 13.8 Å². The molecule has 0 amide bonds. The number of hydrogen-bond acceptors (Lipinski definition) is 4. The second-order valence-electron chi connectivity index (χ2n) is 6.65. The standard InChI is InChI=1S/C17H30N4/c1-14(2)11-19-13-16-12-18-6-5-17(16)21-9-7-20(8-10-21)15(3)4/h5-6,12,14-15,19H,7-11,13H2,1-4H3. The molecule has 1 aromatic heterocycles. The lowest BCUT2D eigenvalue weighted by atomic mass is 10.1. The molecule has 1 aliphatic rings. The summed E-state index contributed by atoms with van der Waals surface area (Å²) in [6, 6.07) is 2.81. The number of pyridine rings is 1. The largest absolute Gasteiger partial charge is 0.369 e. The molecular formula is C17H30N4. The molecule has 2 rings (SSSR count). The van der Waals surface area contributed by atoms with Crippen molar-refractivity contribution in [1.29, 1.82) is 0 Å². The maximum atomic E-state index is 4.30. The topological polar surface area (TPSA) is 31.4 Å². The lowest BCUT2D eigenvalue weighted by molar-refractivity contribution is 0.209. The van der Waals surface area contributed by atoms with E-state index in [-0.39, 0.29) is 0 Å². The third kappa shape index (κ3) is 4.68. The molecule has 0 saturated carbocycles. The van der Waals surface area contributed by atoms with Gasteiger partial charge in [-0.15, -0.1) is 0 Å². The Bertz CT molecular complexity index is 423. The summed E-state index contributed by atoms with van der Waals surface area (Å²) in [6.45, 7) is 15.5. The molecule has 0 radical (unpaired) electrons. The summed E-state index contributed by atoms with van der Waals surface area (Å²) in [5, 5.41) is 3.53. The fourth-order valence-corrected chi connectivity index (χ4v) is 2.84. The van der Waals surface area contributed by atoms with Crippen molar-refractivity contribution < 1.29 is 0 Å². The molecule has 0 unspecified atom stereocenters. The molecule has 0 spiro atoms. The van der Waals surface area contributed by atoms with Gasteiger partial charge in [0.2, 0.25) is 0 Å². The molecule has 1 aromatic rings. The van der Waals surface area contributed by atoms with Crippen molar-refractivity contribution in [3.63, 3.8) is 0 Å². The second kappa shape index (κ2) is 7.76. The van der Waals surface area contributed by atoms with Crippen LogP contribution in [-0.2, 0) is 6.54 Å². The van der Waals surface area contributed by atoms with E-state index in [9.17, 15) is 0 Å². The van der Waals surface area contributed by atoms with E-state index in [4.69, 9.17) is 0 Å². The summed E-state index contributed by atoms with van der Waals surface area (Å²) in [6.07, 6.45) is 3.92. The molecule has 1 aliphatic heterocycles. The number of piperazine rings is 1. The van der Waals surface area contributed by atoms with Crippen molar-refractivity contribution in [2.75, 3.05) is 37.6 Å². The predicted molar refractivity (Wildman–Crippen MR) is 89.7 cm³/mol. The van der Waals surface area contributed by atoms with Gasteiger partial charge in [0.15, 0.2) is 0 Å². The van der Waals surface area contributed by atoms with Gasteiger partial charge in [-0.25, -0.2) is 0 Å². The summed E-state index contributed by atoms with van der Waals surface area (Å²) in [7, 11) is 0. The molecule has 0 aromatic carbocycles. The molecule has 2 heterocycles. The molecule has 1 saturated heterocycles. The molecule has 1 fully saturated rings. The highest BCUT2D eigenvalue weighted by molar-refractivity contribution is 5.52. The number of nitrogens with zero attached hydrogens (tertiary/aromatic N) is 3. The Morgan fingerprint density at radius 1 is 1.14 bits per heavy atom. The Morgan fingerprint density at radius 3 is 2.48 bits per heavy atom. The summed E-state index contributed by atoms with van der Waals surface area (Å²) in [5.74, 6) is 0.680. The van der Waals surface area contributed by atoms with Gasteiger partial charge in [0.05, 0.1) is 0 Å². The van der Waals surface area contributed by atoms with Crippen molar-refractivity contribution in [1.82, 2.24) is 15.2 Å². The maximum absolute atomic E-state index is 4.30. The van der Waals surface area contributed by atoms with Crippen molar-refractivity contribution in [3.8, 4) is 0 Å². The van der Waals surface area contributed by atoms with E-state index in [0.29, 0.717) is 12.0 Å². The number of aromatic nitrogens is 1. The molecule has 0 aliphatic carbocycles. The molecule has 4 nitrogen and oxygen atoms in total. The first-order valence-corrected chi connectivity index (χ1v) is 8.20. The number of hydrogen-bond donors (Lipinski definition) is 1. The zero-order valence-electron chi connectivity index (χ0n) is 14.0. The molecule has 1 N–H and O–H groups in total.